The molecule has 0 saturated heterocycles. The van der Waals surface area contributed by atoms with Gasteiger partial charge in [0.25, 0.3) is 0 Å². The number of anilines is 1. The highest BCUT2D eigenvalue weighted by atomic mass is 127. The smallest absolute Gasteiger partial charge is 0.135 e. The van der Waals surface area contributed by atoms with Crippen molar-refractivity contribution in [2.75, 3.05) is 12.8 Å². The van der Waals surface area contributed by atoms with Crippen LogP contribution < -0.4 is 10.5 Å². The monoisotopic (exact) mass is 361 g/mol. The van der Waals surface area contributed by atoms with E-state index in [1.807, 2.05) is 6.92 Å². The van der Waals surface area contributed by atoms with Gasteiger partial charge in [-0.05, 0) is 41.6 Å². The molecule has 96 valence electrons. The maximum absolute atomic E-state index is 13.9. The van der Waals surface area contributed by atoms with Crippen LogP contribution in [-0.2, 0) is 0 Å². The second-order valence-electron chi connectivity index (χ2n) is 3.85. The van der Waals surface area contributed by atoms with Gasteiger partial charge in [-0.25, -0.2) is 9.07 Å². The highest BCUT2D eigenvalue weighted by Crippen LogP contribution is 2.32. The zero-order valence-corrected chi connectivity index (χ0v) is 12.2. The van der Waals surface area contributed by atoms with E-state index >= 15 is 0 Å². The Labute approximate surface area is 118 Å². The van der Waals surface area contributed by atoms with Gasteiger partial charge in [0.15, 0.2) is 0 Å². The molecule has 0 amide bonds. The first-order valence-corrected chi connectivity index (χ1v) is 6.45. The molecular weight excluding hydrogens is 348 g/mol. The number of benzene rings is 1. The SMILES string of the molecule is COc1cccc(F)c1C(C)n1ncc(I)c1N. The zero-order chi connectivity index (χ0) is 13.3. The molecule has 0 bridgehead atoms. The van der Waals surface area contributed by atoms with Gasteiger partial charge >= 0.3 is 0 Å². The van der Waals surface area contributed by atoms with Gasteiger partial charge in [0.05, 0.1) is 28.5 Å². The Morgan fingerprint density at radius 1 is 1.50 bits per heavy atom. The van der Waals surface area contributed by atoms with E-state index in [9.17, 15) is 4.39 Å². The summed E-state index contributed by atoms with van der Waals surface area (Å²) in [6, 6.07) is 4.41. The third-order valence-electron chi connectivity index (χ3n) is 2.80. The Morgan fingerprint density at radius 2 is 2.22 bits per heavy atom. The zero-order valence-electron chi connectivity index (χ0n) is 10.0. The number of hydrogen-bond acceptors (Lipinski definition) is 3. The van der Waals surface area contributed by atoms with Crippen LogP contribution in [0, 0.1) is 9.39 Å². The fourth-order valence-electron chi connectivity index (χ4n) is 1.88. The van der Waals surface area contributed by atoms with Crippen molar-refractivity contribution in [3.8, 4) is 5.75 Å². The summed E-state index contributed by atoms with van der Waals surface area (Å²) in [6.07, 6.45) is 1.65. The van der Waals surface area contributed by atoms with Crippen LogP contribution in [0.1, 0.15) is 18.5 Å². The molecule has 1 aromatic heterocycles. The normalized spacial score (nSPS) is 12.4. The Morgan fingerprint density at radius 3 is 2.78 bits per heavy atom. The minimum atomic E-state index is -0.329. The average molecular weight is 361 g/mol. The van der Waals surface area contributed by atoms with Gasteiger partial charge < -0.3 is 10.5 Å². The third kappa shape index (κ3) is 2.16. The summed E-state index contributed by atoms with van der Waals surface area (Å²) in [4.78, 5) is 0. The molecule has 6 heteroatoms. The second kappa shape index (κ2) is 5.13. The van der Waals surface area contributed by atoms with Crippen molar-refractivity contribution in [3.63, 3.8) is 0 Å². The second-order valence-corrected chi connectivity index (χ2v) is 5.02. The molecule has 2 rings (SSSR count). The highest BCUT2D eigenvalue weighted by Gasteiger charge is 2.20. The first-order valence-electron chi connectivity index (χ1n) is 5.37. The van der Waals surface area contributed by atoms with Crippen LogP contribution in [0.3, 0.4) is 0 Å². The van der Waals surface area contributed by atoms with Crippen molar-refractivity contribution >= 4 is 28.4 Å². The molecule has 0 aliphatic carbocycles. The van der Waals surface area contributed by atoms with Crippen LogP contribution in [0.15, 0.2) is 24.4 Å². The summed E-state index contributed by atoms with van der Waals surface area (Å²) in [5.74, 6) is 0.688. The number of nitrogen functional groups attached to an aromatic ring is 1. The maximum atomic E-state index is 13.9. The molecule has 0 aliphatic rings. The topological polar surface area (TPSA) is 53.1 Å². The lowest BCUT2D eigenvalue weighted by atomic mass is 10.1. The molecule has 0 saturated carbocycles. The average Bonchev–Trinajstić information content (AvgIpc) is 2.69. The number of rotatable bonds is 3. The predicted octanol–water partition coefficient (Wildman–Crippen LogP) is 2.83. The van der Waals surface area contributed by atoms with E-state index in [1.54, 1.807) is 23.0 Å². The quantitative estimate of drug-likeness (QED) is 0.856. The van der Waals surface area contributed by atoms with Crippen LogP contribution >= 0.6 is 22.6 Å². The summed E-state index contributed by atoms with van der Waals surface area (Å²) < 4.78 is 21.6. The Kier molecular flexibility index (Phi) is 3.74. The fourth-order valence-corrected chi connectivity index (χ4v) is 2.25. The van der Waals surface area contributed by atoms with Gasteiger partial charge in [0, 0.05) is 0 Å². The van der Waals surface area contributed by atoms with E-state index in [4.69, 9.17) is 10.5 Å². The van der Waals surface area contributed by atoms with Gasteiger partial charge in [-0.1, -0.05) is 6.07 Å². The number of nitrogens with two attached hydrogens (primary N) is 1. The van der Waals surface area contributed by atoms with E-state index in [1.165, 1.54) is 13.2 Å². The van der Waals surface area contributed by atoms with Gasteiger partial charge in [0.2, 0.25) is 0 Å². The van der Waals surface area contributed by atoms with Crippen LogP contribution in [-0.4, -0.2) is 16.9 Å². The number of nitrogens with zero attached hydrogens (tertiary/aromatic N) is 2. The predicted molar refractivity (Wildman–Crippen MR) is 76.1 cm³/mol. The standard InChI is InChI=1S/C12H13FIN3O/c1-7(17-12(15)9(14)6-16-17)11-8(13)4-3-5-10(11)18-2/h3-7H,15H2,1-2H3. The lowest BCUT2D eigenvalue weighted by molar-refractivity contribution is 0.393. The molecule has 0 aliphatic heterocycles. The largest absolute Gasteiger partial charge is 0.496 e. The molecule has 1 unspecified atom stereocenters. The van der Waals surface area contributed by atoms with Gasteiger partial charge in [-0.2, -0.15) is 5.10 Å². The van der Waals surface area contributed by atoms with Crippen molar-refractivity contribution in [2.45, 2.75) is 13.0 Å². The molecule has 4 nitrogen and oxygen atoms in total. The minimum Gasteiger partial charge on any atom is -0.496 e. The molecule has 18 heavy (non-hydrogen) atoms. The summed E-state index contributed by atoms with van der Waals surface area (Å²) in [5.41, 5.74) is 6.36. The van der Waals surface area contributed by atoms with Crippen molar-refractivity contribution in [3.05, 3.63) is 39.3 Å². The molecular formula is C12H13FIN3O. The highest BCUT2D eigenvalue weighted by molar-refractivity contribution is 14.1. The molecule has 2 N–H and O–H groups in total. The molecule has 1 aromatic carbocycles. The van der Waals surface area contributed by atoms with Crippen LogP contribution in [0.25, 0.3) is 0 Å². The van der Waals surface area contributed by atoms with Crippen LogP contribution in [0.4, 0.5) is 10.2 Å². The van der Waals surface area contributed by atoms with Gasteiger partial charge in [0.1, 0.15) is 17.4 Å². The van der Waals surface area contributed by atoms with Crippen molar-refractivity contribution < 1.29 is 9.13 Å². The summed E-state index contributed by atoms with van der Waals surface area (Å²) >= 11 is 2.09. The summed E-state index contributed by atoms with van der Waals surface area (Å²) in [5, 5.41) is 4.17. The number of aromatic nitrogens is 2. The number of methoxy groups -OCH3 is 1. The van der Waals surface area contributed by atoms with E-state index < -0.39 is 0 Å². The van der Waals surface area contributed by atoms with Gasteiger partial charge in [-0.3, -0.25) is 0 Å². The van der Waals surface area contributed by atoms with Crippen molar-refractivity contribution in [1.82, 2.24) is 9.78 Å². The lowest BCUT2D eigenvalue weighted by Crippen LogP contribution is -2.14. The summed E-state index contributed by atoms with van der Waals surface area (Å²) in [7, 11) is 1.52. The Bertz CT molecular complexity index is 570. The minimum absolute atomic E-state index is 0.327. The van der Waals surface area contributed by atoms with E-state index in [2.05, 4.69) is 27.7 Å². The first-order chi connectivity index (χ1) is 8.56. The van der Waals surface area contributed by atoms with Crippen LogP contribution in [0.5, 0.6) is 5.75 Å². The number of halogens is 2. The number of ether oxygens (including phenoxy) is 1. The van der Waals surface area contributed by atoms with Crippen molar-refractivity contribution in [1.29, 1.82) is 0 Å². The number of hydrogen-bond donors (Lipinski definition) is 1. The maximum Gasteiger partial charge on any atom is 0.135 e. The Hall–Kier alpha value is -1.31. The molecule has 0 fully saturated rings. The van der Waals surface area contributed by atoms with E-state index in [0.717, 1.165) is 3.57 Å². The Balaban J connectivity index is 2.52. The fraction of sp³-hybridized carbons (Fsp3) is 0.250. The lowest BCUT2D eigenvalue weighted by Gasteiger charge is -2.18. The molecule has 1 heterocycles. The van der Waals surface area contributed by atoms with Gasteiger partial charge in [-0.15, -0.1) is 0 Å². The first kappa shape index (κ1) is 13.1. The van der Waals surface area contributed by atoms with Crippen molar-refractivity contribution in [2.24, 2.45) is 0 Å². The van der Waals surface area contributed by atoms with E-state index in [-0.39, 0.29) is 11.9 Å². The molecule has 1 atom stereocenters. The third-order valence-corrected chi connectivity index (χ3v) is 3.64. The molecule has 2 aromatic rings. The molecule has 0 radical (unpaired) electrons. The molecule has 0 spiro atoms. The van der Waals surface area contributed by atoms with Crippen LogP contribution in [0.2, 0.25) is 0 Å². The summed E-state index contributed by atoms with van der Waals surface area (Å²) in [6.45, 7) is 1.83. The van der Waals surface area contributed by atoms with E-state index in [0.29, 0.717) is 17.1 Å².